The van der Waals surface area contributed by atoms with E-state index in [1.807, 2.05) is 27.0 Å². The summed E-state index contributed by atoms with van der Waals surface area (Å²) in [5, 5.41) is 11.7. The maximum Gasteiger partial charge on any atom is 0.338 e. The Kier molecular flexibility index (Phi) is 8.24. The molecule has 3 aromatic heterocycles. The number of aromatic nitrogens is 3. The van der Waals surface area contributed by atoms with Crippen LogP contribution in [0.25, 0.3) is 21.3 Å². The molecule has 8 nitrogen and oxygen atoms in total. The quantitative estimate of drug-likeness (QED) is 0.212. The SMILES string of the molecule is Cc1cc(-c2cc(Cl)ccc2OCCn2c(C)nc3c(c2=O)C[C@@](C)(N(C)CC2CC(F)(F)C2)CC3)c2scc(C(=O)O)c2n1. The number of fused-ring (bicyclic) bond motifs is 2. The fourth-order valence-corrected chi connectivity index (χ4v) is 7.87. The van der Waals surface area contributed by atoms with Crippen molar-refractivity contribution in [2.24, 2.45) is 5.92 Å². The van der Waals surface area contributed by atoms with Gasteiger partial charge < -0.3 is 14.7 Å². The van der Waals surface area contributed by atoms with Crippen LogP contribution in [0.4, 0.5) is 8.78 Å². The highest BCUT2D eigenvalue weighted by Crippen LogP contribution is 2.44. The maximum absolute atomic E-state index is 13.8. The van der Waals surface area contributed by atoms with E-state index in [0.717, 1.165) is 22.4 Å². The molecule has 1 aromatic carbocycles. The molecule has 0 aliphatic heterocycles. The van der Waals surface area contributed by atoms with Crippen LogP contribution >= 0.6 is 22.9 Å². The van der Waals surface area contributed by atoms with Crippen molar-refractivity contribution < 1.29 is 23.4 Å². The van der Waals surface area contributed by atoms with Gasteiger partial charge in [-0.15, -0.1) is 11.3 Å². The maximum atomic E-state index is 13.8. The molecule has 0 amide bonds. The minimum atomic E-state index is -2.55. The van der Waals surface area contributed by atoms with Crippen molar-refractivity contribution >= 4 is 39.1 Å². The van der Waals surface area contributed by atoms with Crippen LogP contribution in [0.15, 0.2) is 34.4 Å². The minimum Gasteiger partial charge on any atom is -0.491 e. The summed E-state index contributed by atoms with van der Waals surface area (Å²) < 4.78 is 35.5. The van der Waals surface area contributed by atoms with Crippen molar-refractivity contribution in [3.05, 3.63) is 73.4 Å². The molecule has 12 heteroatoms. The monoisotopic (exact) mass is 656 g/mol. The van der Waals surface area contributed by atoms with Crippen LogP contribution in [0.3, 0.4) is 0 Å². The summed E-state index contributed by atoms with van der Waals surface area (Å²) in [6.45, 7) is 6.76. The fourth-order valence-electron chi connectivity index (χ4n) is 6.68. The number of ether oxygens (including phenoxy) is 1. The number of carboxylic acids is 1. The first-order valence-electron chi connectivity index (χ1n) is 15.0. The molecule has 3 heterocycles. The zero-order valence-corrected chi connectivity index (χ0v) is 27.2. The van der Waals surface area contributed by atoms with Gasteiger partial charge in [-0.3, -0.25) is 14.3 Å². The molecule has 238 valence electrons. The predicted octanol–water partition coefficient (Wildman–Crippen LogP) is 6.79. The number of alkyl halides is 2. The summed E-state index contributed by atoms with van der Waals surface area (Å²) in [5.74, 6) is -2.46. The number of benzene rings is 1. The van der Waals surface area contributed by atoms with Crippen molar-refractivity contribution in [1.82, 2.24) is 19.4 Å². The van der Waals surface area contributed by atoms with Gasteiger partial charge in [-0.2, -0.15) is 0 Å². The zero-order valence-electron chi connectivity index (χ0n) is 25.6. The largest absolute Gasteiger partial charge is 0.491 e. The van der Waals surface area contributed by atoms with Crippen molar-refractivity contribution in [3.63, 3.8) is 0 Å². The van der Waals surface area contributed by atoms with Crippen molar-refractivity contribution in [2.75, 3.05) is 20.2 Å². The Hall–Kier alpha value is -3.41. The van der Waals surface area contributed by atoms with Crippen molar-refractivity contribution in [1.29, 1.82) is 0 Å². The molecule has 1 fully saturated rings. The minimum absolute atomic E-state index is 0.0304. The Balaban J connectivity index is 1.22. The van der Waals surface area contributed by atoms with Crippen LogP contribution in [0.2, 0.25) is 5.02 Å². The second-order valence-corrected chi connectivity index (χ2v) is 14.0. The van der Waals surface area contributed by atoms with E-state index in [-0.39, 0.29) is 48.6 Å². The van der Waals surface area contributed by atoms with Crippen LogP contribution in [0.1, 0.15) is 59.3 Å². The highest BCUT2D eigenvalue weighted by atomic mass is 35.5. The summed E-state index contributed by atoms with van der Waals surface area (Å²) in [4.78, 5) is 37.0. The Morgan fingerprint density at radius 1 is 1.22 bits per heavy atom. The number of thiophene rings is 1. The number of aromatic carboxylic acids is 1. The van der Waals surface area contributed by atoms with Gasteiger partial charge in [-0.1, -0.05) is 11.6 Å². The van der Waals surface area contributed by atoms with Gasteiger partial charge in [0.2, 0.25) is 5.92 Å². The van der Waals surface area contributed by atoms with E-state index in [4.69, 9.17) is 21.3 Å². The highest BCUT2D eigenvalue weighted by Gasteiger charge is 2.47. The van der Waals surface area contributed by atoms with Crippen LogP contribution in [-0.4, -0.2) is 62.2 Å². The number of hydrogen-bond acceptors (Lipinski definition) is 7. The molecular weight excluding hydrogens is 622 g/mol. The van der Waals surface area contributed by atoms with E-state index >= 15 is 0 Å². The summed E-state index contributed by atoms with van der Waals surface area (Å²) in [6, 6.07) is 7.16. The number of rotatable bonds is 9. The lowest BCUT2D eigenvalue weighted by atomic mass is 9.77. The molecule has 6 rings (SSSR count). The van der Waals surface area contributed by atoms with E-state index in [1.165, 1.54) is 11.3 Å². The van der Waals surface area contributed by atoms with Gasteiger partial charge >= 0.3 is 5.97 Å². The van der Waals surface area contributed by atoms with Crippen LogP contribution in [0, 0.1) is 19.8 Å². The van der Waals surface area contributed by atoms with Crippen LogP contribution in [0.5, 0.6) is 5.75 Å². The van der Waals surface area contributed by atoms with Crippen LogP contribution < -0.4 is 10.3 Å². The van der Waals surface area contributed by atoms with Gasteiger partial charge in [0.15, 0.2) is 0 Å². The number of aryl methyl sites for hydroxylation is 3. The number of hydrogen-bond donors (Lipinski definition) is 1. The summed E-state index contributed by atoms with van der Waals surface area (Å²) in [7, 11) is 1.97. The Bertz CT molecular complexity index is 1870. The van der Waals surface area contributed by atoms with Crippen LogP contribution in [-0.2, 0) is 19.4 Å². The fraction of sp³-hybridized carbons (Fsp3) is 0.455. The lowest BCUT2D eigenvalue weighted by Crippen LogP contribution is -2.53. The molecule has 0 saturated heterocycles. The second kappa shape index (κ2) is 11.7. The number of pyridine rings is 1. The zero-order chi connectivity index (χ0) is 32.3. The van der Waals surface area contributed by atoms with Gasteiger partial charge in [0.05, 0.1) is 28.0 Å². The van der Waals surface area contributed by atoms with Gasteiger partial charge in [0.1, 0.15) is 18.2 Å². The summed E-state index contributed by atoms with van der Waals surface area (Å²) in [6.07, 6.45) is 1.82. The molecule has 4 aromatic rings. The molecule has 1 saturated carbocycles. The first kappa shape index (κ1) is 31.6. The average Bonchev–Trinajstić information content (AvgIpc) is 3.38. The second-order valence-electron chi connectivity index (χ2n) is 12.7. The molecule has 0 unspecified atom stereocenters. The molecule has 2 aliphatic carbocycles. The molecule has 1 N–H and O–H groups in total. The highest BCUT2D eigenvalue weighted by molar-refractivity contribution is 7.18. The van der Waals surface area contributed by atoms with E-state index < -0.39 is 11.9 Å². The Morgan fingerprint density at radius 3 is 2.69 bits per heavy atom. The molecular formula is C33H35ClF2N4O4S. The number of halogens is 3. The van der Waals surface area contributed by atoms with E-state index in [0.29, 0.717) is 58.3 Å². The molecule has 1 atom stereocenters. The third kappa shape index (κ3) is 6.09. The number of likely N-dealkylation sites (N-methyl/N-ethyl adjacent to an activating group) is 1. The standard InChI is InChI=1S/C33H35ClF2N4O4S/c1-18-11-23(29-28(37-18)25(17-45-29)31(42)43)22-12-21(34)5-6-27(22)44-10-9-40-19(2)38-26-7-8-32(3,15-24(26)30(40)41)39(4)16-20-13-33(35,36)14-20/h5-6,11-12,17,20H,7-10,13-16H2,1-4H3,(H,42,43)/t32-/m0/s1. The summed E-state index contributed by atoms with van der Waals surface area (Å²) >= 11 is 7.70. The van der Waals surface area contributed by atoms with E-state index in [2.05, 4.69) is 16.8 Å². The Labute approximate surface area is 268 Å². The average molecular weight is 657 g/mol. The predicted molar refractivity (Wildman–Crippen MR) is 171 cm³/mol. The van der Waals surface area contributed by atoms with E-state index in [9.17, 15) is 23.5 Å². The topological polar surface area (TPSA) is 97.6 Å². The number of carboxylic acid groups (broad SMARTS) is 1. The molecule has 0 radical (unpaired) electrons. The third-order valence-electron chi connectivity index (χ3n) is 9.31. The first-order chi connectivity index (χ1) is 21.2. The molecule has 2 aliphatic rings. The lowest BCUT2D eigenvalue weighted by Gasteiger charge is -2.46. The normalized spacial score (nSPS) is 19.5. The molecule has 0 spiro atoms. The third-order valence-corrected chi connectivity index (χ3v) is 10.5. The van der Waals surface area contributed by atoms with Gasteiger partial charge in [-0.05, 0) is 77.3 Å². The van der Waals surface area contributed by atoms with Gasteiger partial charge in [-0.25, -0.2) is 18.6 Å². The number of carbonyl (C=O) groups is 1. The molecule has 0 bridgehead atoms. The smallest absolute Gasteiger partial charge is 0.338 e. The van der Waals surface area contributed by atoms with Crippen molar-refractivity contribution in [3.8, 4) is 16.9 Å². The van der Waals surface area contributed by atoms with Crippen molar-refractivity contribution in [2.45, 2.75) is 70.9 Å². The molecule has 45 heavy (non-hydrogen) atoms. The summed E-state index contributed by atoms with van der Waals surface area (Å²) in [5.41, 5.74) is 3.76. The lowest BCUT2D eigenvalue weighted by molar-refractivity contribution is -0.120. The van der Waals surface area contributed by atoms with Gasteiger partial charge in [0.25, 0.3) is 5.56 Å². The van der Waals surface area contributed by atoms with E-state index in [1.54, 1.807) is 28.1 Å². The Morgan fingerprint density at radius 2 is 1.98 bits per heavy atom. The number of nitrogens with zero attached hydrogens (tertiary/aromatic N) is 4. The first-order valence-corrected chi connectivity index (χ1v) is 16.2. The van der Waals surface area contributed by atoms with Gasteiger partial charge in [0, 0.05) is 57.7 Å².